The van der Waals surface area contributed by atoms with E-state index in [0.29, 0.717) is 12.0 Å². The molecule has 2 aromatic carbocycles. The molecule has 2 heteroatoms. The SMILES string of the molecule is c1ccc(C2CCN(N3CCCC3c3ccccc3)C2)cc1. The standard InChI is InChI=1S/C20H24N2/c1-3-8-17(9-4-1)19-13-15-21(16-19)22-14-7-12-20(22)18-10-5-2-6-11-18/h1-6,8-11,19-20H,7,12-16H2. The molecule has 0 N–H and O–H groups in total. The molecule has 0 spiro atoms. The van der Waals surface area contributed by atoms with Crippen LogP contribution in [0.2, 0.25) is 0 Å². The lowest BCUT2D eigenvalue weighted by Crippen LogP contribution is -2.40. The first-order valence-corrected chi connectivity index (χ1v) is 8.53. The number of hydrogen-bond acceptors (Lipinski definition) is 2. The van der Waals surface area contributed by atoms with E-state index < -0.39 is 0 Å². The quantitative estimate of drug-likeness (QED) is 0.835. The zero-order valence-electron chi connectivity index (χ0n) is 13.1. The van der Waals surface area contributed by atoms with Crippen molar-refractivity contribution in [1.29, 1.82) is 0 Å². The average Bonchev–Trinajstić information content (AvgIpc) is 3.25. The van der Waals surface area contributed by atoms with Gasteiger partial charge in [0, 0.05) is 25.7 Å². The Morgan fingerprint density at radius 2 is 1.41 bits per heavy atom. The molecule has 0 amide bonds. The second kappa shape index (κ2) is 6.23. The van der Waals surface area contributed by atoms with Crippen LogP contribution in [0.3, 0.4) is 0 Å². The maximum atomic E-state index is 2.64. The van der Waals surface area contributed by atoms with Crippen LogP contribution in [0.4, 0.5) is 0 Å². The zero-order chi connectivity index (χ0) is 14.8. The molecule has 2 nitrogen and oxygen atoms in total. The van der Waals surface area contributed by atoms with E-state index >= 15 is 0 Å². The molecule has 0 bridgehead atoms. The molecule has 2 saturated heterocycles. The number of rotatable bonds is 3. The fourth-order valence-electron chi connectivity index (χ4n) is 4.08. The second-order valence-electron chi connectivity index (χ2n) is 6.54. The summed E-state index contributed by atoms with van der Waals surface area (Å²) < 4.78 is 0. The van der Waals surface area contributed by atoms with Gasteiger partial charge < -0.3 is 0 Å². The van der Waals surface area contributed by atoms with Crippen molar-refractivity contribution in [2.75, 3.05) is 19.6 Å². The highest BCUT2D eigenvalue weighted by Crippen LogP contribution is 2.37. The van der Waals surface area contributed by atoms with Gasteiger partial charge in [0.1, 0.15) is 0 Å². The summed E-state index contributed by atoms with van der Waals surface area (Å²) in [6, 6.07) is 22.6. The molecular weight excluding hydrogens is 268 g/mol. The van der Waals surface area contributed by atoms with Crippen molar-refractivity contribution in [1.82, 2.24) is 10.0 Å². The first-order valence-electron chi connectivity index (χ1n) is 8.53. The summed E-state index contributed by atoms with van der Waals surface area (Å²) >= 11 is 0. The summed E-state index contributed by atoms with van der Waals surface area (Å²) in [4.78, 5) is 0. The van der Waals surface area contributed by atoms with Gasteiger partial charge in [-0.2, -0.15) is 0 Å². The smallest absolute Gasteiger partial charge is 0.0495 e. The Morgan fingerprint density at radius 1 is 0.727 bits per heavy atom. The fraction of sp³-hybridized carbons (Fsp3) is 0.400. The Bertz CT molecular complexity index is 596. The summed E-state index contributed by atoms with van der Waals surface area (Å²) in [6.07, 6.45) is 3.88. The molecule has 22 heavy (non-hydrogen) atoms. The van der Waals surface area contributed by atoms with Crippen LogP contribution in [0.5, 0.6) is 0 Å². The molecule has 0 saturated carbocycles. The molecule has 2 aliphatic rings. The van der Waals surface area contributed by atoms with E-state index in [1.165, 1.54) is 50.0 Å². The highest BCUT2D eigenvalue weighted by atomic mass is 15.6. The lowest BCUT2D eigenvalue weighted by molar-refractivity contribution is -0.0176. The third kappa shape index (κ3) is 2.69. The zero-order valence-corrected chi connectivity index (χ0v) is 13.1. The Morgan fingerprint density at radius 3 is 2.14 bits per heavy atom. The van der Waals surface area contributed by atoms with Crippen LogP contribution in [0.1, 0.15) is 42.3 Å². The van der Waals surface area contributed by atoms with Crippen molar-refractivity contribution < 1.29 is 0 Å². The summed E-state index contributed by atoms with van der Waals surface area (Å²) in [5.74, 6) is 0.693. The Balaban J connectivity index is 1.48. The minimum Gasteiger partial charge on any atom is -0.241 e. The molecule has 2 heterocycles. The van der Waals surface area contributed by atoms with Gasteiger partial charge in [0.2, 0.25) is 0 Å². The molecule has 0 aliphatic carbocycles. The van der Waals surface area contributed by atoms with E-state index in [1.807, 2.05) is 0 Å². The van der Waals surface area contributed by atoms with Crippen LogP contribution in [0, 0.1) is 0 Å². The Labute approximate surface area is 133 Å². The van der Waals surface area contributed by atoms with E-state index in [0.717, 1.165) is 0 Å². The van der Waals surface area contributed by atoms with E-state index in [4.69, 9.17) is 0 Å². The summed E-state index contributed by atoms with van der Waals surface area (Å²) in [6.45, 7) is 3.58. The van der Waals surface area contributed by atoms with E-state index in [2.05, 4.69) is 70.7 Å². The normalized spacial score (nSPS) is 26.5. The monoisotopic (exact) mass is 292 g/mol. The summed E-state index contributed by atoms with van der Waals surface area (Å²) in [5, 5.41) is 5.25. The van der Waals surface area contributed by atoms with Crippen molar-refractivity contribution >= 4 is 0 Å². The maximum Gasteiger partial charge on any atom is 0.0495 e. The van der Waals surface area contributed by atoms with Gasteiger partial charge in [0.15, 0.2) is 0 Å². The topological polar surface area (TPSA) is 6.48 Å². The molecule has 2 atom stereocenters. The molecular formula is C20H24N2. The van der Waals surface area contributed by atoms with E-state index in [1.54, 1.807) is 0 Å². The van der Waals surface area contributed by atoms with Gasteiger partial charge in [0.25, 0.3) is 0 Å². The predicted octanol–water partition coefficient (Wildman–Crippen LogP) is 4.23. The molecule has 2 unspecified atom stereocenters. The van der Waals surface area contributed by atoms with Crippen LogP contribution in [0.15, 0.2) is 60.7 Å². The van der Waals surface area contributed by atoms with Crippen molar-refractivity contribution in [3.05, 3.63) is 71.8 Å². The molecule has 114 valence electrons. The minimum absolute atomic E-state index is 0.579. The van der Waals surface area contributed by atoms with Crippen molar-refractivity contribution in [3.63, 3.8) is 0 Å². The molecule has 2 aromatic rings. The van der Waals surface area contributed by atoms with Crippen LogP contribution < -0.4 is 0 Å². The Kier molecular flexibility index (Phi) is 3.96. The number of hydrogen-bond donors (Lipinski definition) is 0. The molecule has 2 aliphatic heterocycles. The van der Waals surface area contributed by atoms with Crippen LogP contribution >= 0.6 is 0 Å². The molecule has 4 rings (SSSR count). The highest BCUT2D eigenvalue weighted by Gasteiger charge is 2.34. The summed E-state index contributed by atoms with van der Waals surface area (Å²) in [5.41, 5.74) is 2.98. The van der Waals surface area contributed by atoms with E-state index in [9.17, 15) is 0 Å². The summed E-state index contributed by atoms with van der Waals surface area (Å²) in [7, 11) is 0. The van der Waals surface area contributed by atoms with Crippen LogP contribution in [-0.4, -0.2) is 29.7 Å². The highest BCUT2D eigenvalue weighted by molar-refractivity contribution is 5.22. The number of nitrogens with zero attached hydrogens (tertiary/aromatic N) is 2. The third-order valence-electron chi connectivity index (χ3n) is 5.21. The largest absolute Gasteiger partial charge is 0.241 e. The fourth-order valence-corrected chi connectivity index (χ4v) is 4.08. The van der Waals surface area contributed by atoms with Crippen molar-refractivity contribution in [2.45, 2.75) is 31.2 Å². The van der Waals surface area contributed by atoms with Gasteiger partial charge in [-0.25, -0.2) is 10.0 Å². The van der Waals surface area contributed by atoms with Gasteiger partial charge >= 0.3 is 0 Å². The van der Waals surface area contributed by atoms with Crippen molar-refractivity contribution in [3.8, 4) is 0 Å². The third-order valence-corrected chi connectivity index (χ3v) is 5.21. The van der Waals surface area contributed by atoms with Crippen molar-refractivity contribution in [2.24, 2.45) is 0 Å². The Hall–Kier alpha value is -1.64. The number of hydrazine groups is 1. The lowest BCUT2D eigenvalue weighted by Gasteiger charge is -2.33. The first kappa shape index (κ1) is 14.0. The maximum absolute atomic E-state index is 2.64. The lowest BCUT2D eigenvalue weighted by atomic mass is 9.99. The van der Waals surface area contributed by atoms with E-state index in [-0.39, 0.29) is 0 Å². The van der Waals surface area contributed by atoms with Gasteiger partial charge in [-0.15, -0.1) is 0 Å². The molecule has 0 aromatic heterocycles. The second-order valence-corrected chi connectivity index (χ2v) is 6.54. The van der Waals surface area contributed by atoms with Crippen LogP contribution in [-0.2, 0) is 0 Å². The average molecular weight is 292 g/mol. The minimum atomic E-state index is 0.579. The number of benzene rings is 2. The van der Waals surface area contributed by atoms with Gasteiger partial charge in [-0.05, 0) is 36.3 Å². The van der Waals surface area contributed by atoms with Crippen LogP contribution in [0.25, 0.3) is 0 Å². The first-order chi connectivity index (χ1) is 10.9. The van der Waals surface area contributed by atoms with Gasteiger partial charge in [-0.1, -0.05) is 60.7 Å². The van der Waals surface area contributed by atoms with Gasteiger partial charge in [0.05, 0.1) is 0 Å². The molecule has 0 radical (unpaired) electrons. The van der Waals surface area contributed by atoms with Gasteiger partial charge in [-0.3, -0.25) is 0 Å². The molecule has 2 fully saturated rings. The predicted molar refractivity (Wildman–Crippen MR) is 90.5 cm³/mol.